The second kappa shape index (κ2) is 5.13. The first-order valence-corrected chi connectivity index (χ1v) is 8.32. The number of nitrogens with zero attached hydrogens (tertiary/aromatic N) is 4. The van der Waals surface area contributed by atoms with Gasteiger partial charge in [-0.05, 0) is 29.8 Å². The normalized spacial score (nSPS) is 18.7. The van der Waals surface area contributed by atoms with Gasteiger partial charge < -0.3 is 4.84 Å². The van der Waals surface area contributed by atoms with E-state index in [1.807, 2.05) is 15.9 Å². The molecule has 0 amide bonds. The van der Waals surface area contributed by atoms with Gasteiger partial charge in [-0.15, -0.1) is 0 Å². The molecule has 7 nitrogen and oxygen atoms in total. The third kappa shape index (κ3) is 3.07. The van der Waals surface area contributed by atoms with Gasteiger partial charge in [0, 0.05) is 13.5 Å². The molecule has 1 aromatic rings. The van der Waals surface area contributed by atoms with Crippen molar-refractivity contribution in [2.45, 2.75) is 36.0 Å². The Balaban J connectivity index is 2.55. The molecule has 0 spiro atoms. The summed E-state index contributed by atoms with van der Waals surface area (Å²) in [6, 6.07) is 0. The second-order valence-electron chi connectivity index (χ2n) is 5.42. The SMILES string of the molecule is Cn1nc(C(F)(F)Br)c(C(F)(F)S(=O)(=O)C2=NOC(C)(C)C2)n1. The van der Waals surface area contributed by atoms with Crippen LogP contribution in [-0.2, 0) is 31.8 Å². The predicted molar refractivity (Wildman–Crippen MR) is 73.9 cm³/mol. The Morgan fingerprint density at radius 2 is 1.74 bits per heavy atom. The van der Waals surface area contributed by atoms with Crippen molar-refractivity contribution in [2.75, 3.05) is 0 Å². The van der Waals surface area contributed by atoms with E-state index in [0.29, 0.717) is 4.80 Å². The van der Waals surface area contributed by atoms with E-state index in [9.17, 15) is 26.0 Å². The molecule has 13 heteroatoms. The summed E-state index contributed by atoms with van der Waals surface area (Å²) in [4.78, 5) is 1.20. The summed E-state index contributed by atoms with van der Waals surface area (Å²) in [5.41, 5.74) is -4.26. The molecule has 0 aliphatic carbocycles. The lowest BCUT2D eigenvalue weighted by molar-refractivity contribution is 0.0123. The van der Waals surface area contributed by atoms with Crippen molar-refractivity contribution in [3.63, 3.8) is 0 Å². The highest BCUT2D eigenvalue weighted by molar-refractivity contribution is 9.09. The summed E-state index contributed by atoms with van der Waals surface area (Å²) in [7, 11) is -4.40. The molecule has 0 fully saturated rings. The Bertz CT molecular complexity index is 770. The molecule has 0 atom stereocenters. The van der Waals surface area contributed by atoms with Gasteiger partial charge in [-0.25, -0.2) is 8.42 Å². The van der Waals surface area contributed by atoms with E-state index in [1.165, 1.54) is 13.8 Å². The average molecular weight is 423 g/mol. The fraction of sp³-hybridized carbons (Fsp3) is 0.700. The van der Waals surface area contributed by atoms with Crippen LogP contribution in [0.2, 0.25) is 0 Å². The molecule has 0 aromatic carbocycles. The van der Waals surface area contributed by atoms with Gasteiger partial charge in [0.2, 0.25) is 0 Å². The fourth-order valence-electron chi connectivity index (χ4n) is 1.82. The molecule has 0 N–H and O–H groups in total. The highest BCUT2D eigenvalue weighted by Gasteiger charge is 2.58. The second-order valence-corrected chi connectivity index (χ2v) is 8.40. The first-order chi connectivity index (χ1) is 10.2. The van der Waals surface area contributed by atoms with Crippen molar-refractivity contribution >= 4 is 30.8 Å². The third-order valence-electron chi connectivity index (χ3n) is 2.88. The van der Waals surface area contributed by atoms with Crippen molar-refractivity contribution in [1.82, 2.24) is 15.0 Å². The molecule has 1 aliphatic rings. The first-order valence-electron chi connectivity index (χ1n) is 6.05. The number of rotatable bonds is 3. The van der Waals surface area contributed by atoms with Crippen LogP contribution in [0, 0.1) is 0 Å². The lowest BCUT2D eigenvalue weighted by Crippen LogP contribution is -2.35. The number of aryl methyl sites for hydroxylation is 1. The number of aromatic nitrogens is 3. The molecule has 23 heavy (non-hydrogen) atoms. The Kier molecular flexibility index (Phi) is 4.04. The molecule has 2 heterocycles. The summed E-state index contributed by atoms with van der Waals surface area (Å²) in [6.07, 6.45) is -0.425. The average Bonchev–Trinajstić information content (AvgIpc) is 2.92. The zero-order valence-electron chi connectivity index (χ0n) is 12.0. The van der Waals surface area contributed by atoms with Crippen molar-refractivity contribution in [3.05, 3.63) is 11.4 Å². The Morgan fingerprint density at radius 3 is 2.17 bits per heavy atom. The summed E-state index contributed by atoms with van der Waals surface area (Å²) in [6.45, 7) is 2.88. The maximum Gasteiger partial charge on any atom is 0.396 e. The topological polar surface area (TPSA) is 86.4 Å². The maximum atomic E-state index is 14.4. The van der Waals surface area contributed by atoms with Gasteiger partial charge in [0.25, 0.3) is 9.84 Å². The molecule has 0 radical (unpaired) electrons. The molecule has 2 rings (SSSR count). The van der Waals surface area contributed by atoms with E-state index in [4.69, 9.17) is 4.84 Å². The van der Waals surface area contributed by atoms with Gasteiger partial charge in [-0.1, -0.05) is 5.16 Å². The van der Waals surface area contributed by atoms with E-state index in [-0.39, 0.29) is 0 Å². The Labute approximate surface area is 136 Å². The van der Waals surface area contributed by atoms with Gasteiger partial charge in [0.05, 0.1) is 0 Å². The molecule has 0 bridgehead atoms. The van der Waals surface area contributed by atoms with Crippen LogP contribution in [0.5, 0.6) is 0 Å². The van der Waals surface area contributed by atoms with Crippen LogP contribution in [0.25, 0.3) is 0 Å². The monoisotopic (exact) mass is 422 g/mol. The molecule has 1 aliphatic heterocycles. The smallest absolute Gasteiger partial charge is 0.389 e. The largest absolute Gasteiger partial charge is 0.396 e. The van der Waals surface area contributed by atoms with Crippen molar-refractivity contribution in [2.24, 2.45) is 12.2 Å². The molecule has 0 saturated carbocycles. The first kappa shape index (κ1) is 18.1. The van der Waals surface area contributed by atoms with Gasteiger partial charge >= 0.3 is 10.1 Å². The van der Waals surface area contributed by atoms with E-state index < -0.39 is 48.4 Å². The van der Waals surface area contributed by atoms with Crippen molar-refractivity contribution in [3.8, 4) is 0 Å². The highest BCUT2D eigenvalue weighted by atomic mass is 79.9. The van der Waals surface area contributed by atoms with Crippen LogP contribution in [0.1, 0.15) is 31.7 Å². The lowest BCUT2D eigenvalue weighted by Gasteiger charge is -2.17. The Morgan fingerprint density at radius 1 is 1.22 bits per heavy atom. The van der Waals surface area contributed by atoms with Gasteiger partial charge in [-0.3, -0.25) is 0 Å². The maximum absolute atomic E-state index is 14.4. The Hall–Kier alpha value is -1.24. The number of halogens is 5. The zero-order chi connectivity index (χ0) is 17.8. The fourth-order valence-corrected chi connectivity index (χ4v) is 3.44. The highest BCUT2D eigenvalue weighted by Crippen LogP contribution is 2.44. The predicted octanol–water partition coefficient (Wildman–Crippen LogP) is 2.24. The van der Waals surface area contributed by atoms with Crippen molar-refractivity contribution in [1.29, 1.82) is 0 Å². The molecule has 0 unspecified atom stereocenters. The van der Waals surface area contributed by atoms with E-state index >= 15 is 0 Å². The van der Waals surface area contributed by atoms with E-state index in [2.05, 4.69) is 15.4 Å². The van der Waals surface area contributed by atoms with Crippen molar-refractivity contribution < 1.29 is 30.8 Å². The van der Waals surface area contributed by atoms with E-state index in [0.717, 1.165) is 7.05 Å². The summed E-state index contributed by atoms with van der Waals surface area (Å²) in [5, 5.41) is 3.65. The number of sulfone groups is 1. The zero-order valence-corrected chi connectivity index (χ0v) is 14.4. The van der Waals surface area contributed by atoms with E-state index in [1.54, 1.807) is 0 Å². The molecular formula is C10H11BrF4N4O3S. The van der Waals surface area contributed by atoms with Crippen LogP contribution in [0.15, 0.2) is 5.16 Å². The third-order valence-corrected chi connectivity index (χ3v) is 4.96. The van der Waals surface area contributed by atoms with Crippen LogP contribution in [0.4, 0.5) is 17.6 Å². The number of hydrogen-bond donors (Lipinski definition) is 0. The van der Waals surface area contributed by atoms with Crippen LogP contribution in [-0.4, -0.2) is 34.1 Å². The minimum atomic E-state index is -5.41. The van der Waals surface area contributed by atoms with Gasteiger partial charge in [0.1, 0.15) is 5.60 Å². The van der Waals surface area contributed by atoms with Crippen LogP contribution >= 0.6 is 15.9 Å². The number of alkyl halides is 5. The molecule has 1 aromatic heterocycles. The summed E-state index contributed by atoms with van der Waals surface area (Å²) >= 11 is 1.88. The van der Waals surface area contributed by atoms with Gasteiger partial charge in [0.15, 0.2) is 16.4 Å². The molecule has 0 saturated heterocycles. The lowest BCUT2D eigenvalue weighted by atomic mass is 10.1. The summed E-state index contributed by atoms with van der Waals surface area (Å²) < 4.78 is 79.9. The minimum absolute atomic E-state index is 0.425. The quantitative estimate of drug-likeness (QED) is 0.550. The summed E-state index contributed by atoms with van der Waals surface area (Å²) in [5.74, 6) is 0. The van der Waals surface area contributed by atoms with Crippen LogP contribution < -0.4 is 0 Å². The molecule has 130 valence electrons. The number of hydrogen-bond acceptors (Lipinski definition) is 6. The minimum Gasteiger partial charge on any atom is -0.389 e. The van der Waals surface area contributed by atoms with Crippen LogP contribution in [0.3, 0.4) is 0 Å². The van der Waals surface area contributed by atoms with Gasteiger partial charge in [-0.2, -0.15) is 32.6 Å². The number of oxime groups is 1. The standard InChI is InChI=1S/C10H11BrF4N4O3S/c1-8(2)4-5(18-22-8)23(20,21)10(14,15)7-6(9(11,12)13)16-19(3)17-7/h4H2,1-3H3. The molecular weight excluding hydrogens is 412 g/mol.